The first-order chi connectivity index (χ1) is 16.8. The Kier molecular flexibility index (Phi) is 7.88. The number of thioether (sulfide) groups is 2. The minimum absolute atomic E-state index is 0.0591. The first-order valence-corrected chi connectivity index (χ1v) is 13.8. The number of nitrogens with zero attached hydrogens (tertiary/aromatic N) is 5. The fourth-order valence-corrected chi connectivity index (χ4v) is 7.03. The highest BCUT2D eigenvalue weighted by atomic mass is 32.2. The number of carboxylic acid groups (broad SMARTS) is 1. The molecule has 0 spiro atoms. The highest BCUT2D eigenvalue weighted by Crippen LogP contribution is 2.41. The minimum atomic E-state index is -1.31. The van der Waals surface area contributed by atoms with Crippen LogP contribution in [-0.2, 0) is 32.6 Å². The Balaban J connectivity index is 1.30. The Morgan fingerprint density at radius 3 is 2.74 bits per heavy atom. The van der Waals surface area contributed by atoms with Crippen LogP contribution in [0.4, 0.5) is 0 Å². The van der Waals surface area contributed by atoms with Crippen LogP contribution < -0.4 is 5.32 Å². The summed E-state index contributed by atoms with van der Waals surface area (Å²) in [6, 6.07) is 5.23. The van der Waals surface area contributed by atoms with E-state index < -0.39 is 34.5 Å². The van der Waals surface area contributed by atoms with E-state index in [1.165, 1.54) is 45.2 Å². The van der Waals surface area contributed by atoms with Gasteiger partial charge in [-0.1, -0.05) is 11.8 Å². The van der Waals surface area contributed by atoms with Crippen molar-refractivity contribution in [2.75, 3.05) is 17.3 Å². The number of aromatic nitrogens is 4. The van der Waals surface area contributed by atoms with Crippen LogP contribution in [-0.4, -0.2) is 86.3 Å². The lowest BCUT2D eigenvalue weighted by atomic mass is 10.0. The summed E-state index contributed by atoms with van der Waals surface area (Å²) in [5, 5.41) is 33.0. The predicted octanol–water partition coefficient (Wildman–Crippen LogP) is 0.334. The van der Waals surface area contributed by atoms with E-state index in [9.17, 15) is 29.1 Å². The third-order valence-corrected chi connectivity index (χ3v) is 9.25. The number of amides is 2. The average Bonchev–Trinajstić information content (AvgIpc) is 3.25. The molecule has 186 valence electrons. The van der Waals surface area contributed by atoms with Gasteiger partial charge in [-0.3, -0.25) is 14.5 Å². The molecular formula is C20H22N6O6S3. The van der Waals surface area contributed by atoms with Gasteiger partial charge in [0.1, 0.15) is 28.6 Å². The number of carbonyl (C=O) groups excluding carboxylic acids is 2. The molecule has 0 saturated carbocycles. The molecule has 1 fully saturated rings. The number of benzene rings is 1. The SMILES string of the molecule is Cn1nnnc1SCC1=C(C(=O)O)N2C(=O)C(NC(=O)CCC[S+]([O-])c3ccc(O)cc3)[C@@H]2SC1. The molecule has 0 aliphatic carbocycles. The maximum atomic E-state index is 12.8. The molecule has 2 amide bonds. The van der Waals surface area contributed by atoms with Gasteiger partial charge >= 0.3 is 5.97 Å². The molecule has 1 aromatic carbocycles. The lowest BCUT2D eigenvalue weighted by Crippen LogP contribution is -2.70. The predicted molar refractivity (Wildman–Crippen MR) is 128 cm³/mol. The molecule has 2 aliphatic heterocycles. The lowest BCUT2D eigenvalue weighted by Gasteiger charge is -2.49. The molecule has 3 heterocycles. The summed E-state index contributed by atoms with van der Waals surface area (Å²) in [6.45, 7) is 0. The van der Waals surface area contributed by atoms with Crippen LogP contribution >= 0.6 is 23.5 Å². The van der Waals surface area contributed by atoms with Crippen molar-refractivity contribution < 1.29 is 29.1 Å². The number of hydrogen-bond acceptors (Lipinski definition) is 10. The second-order valence-electron chi connectivity index (χ2n) is 7.73. The topological polar surface area (TPSA) is 174 Å². The summed E-state index contributed by atoms with van der Waals surface area (Å²) in [4.78, 5) is 38.9. The quantitative estimate of drug-likeness (QED) is 0.216. The molecule has 2 aromatic rings. The monoisotopic (exact) mass is 538 g/mol. The number of β-lactam (4-membered cyclic amide) rings is 1. The highest BCUT2D eigenvalue weighted by Gasteiger charge is 2.54. The van der Waals surface area contributed by atoms with Gasteiger partial charge in [-0.05, 0) is 51.4 Å². The minimum Gasteiger partial charge on any atom is -0.611 e. The molecule has 2 aliphatic rings. The number of aryl methyl sites for hydroxylation is 1. The zero-order valence-electron chi connectivity index (χ0n) is 18.5. The highest BCUT2D eigenvalue weighted by molar-refractivity contribution is 8.01. The molecule has 1 saturated heterocycles. The van der Waals surface area contributed by atoms with Crippen LogP contribution in [0.1, 0.15) is 12.8 Å². The van der Waals surface area contributed by atoms with Gasteiger partial charge in [0.15, 0.2) is 4.90 Å². The van der Waals surface area contributed by atoms with Gasteiger partial charge < -0.3 is 20.1 Å². The number of rotatable bonds is 10. The summed E-state index contributed by atoms with van der Waals surface area (Å²) in [7, 11) is 1.68. The van der Waals surface area contributed by atoms with Crippen molar-refractivity contribution in [1.82, 2.24) is 30.4 Å². The summed E-state index contributed by atoms with van der Waals surface area (Å²) < 4.78 is 13.8. The number of phenolic OH excluding ortho intramolecular Hbond substituents is 1. The standard InChI is InChI=1S/C20H22N6O6S3/c1-25-20(22-23-24-25)34-10-11-9-33-18-15(17(29)26(18)16(11)19(30)31)21-14(28)3-2-8-35(32)13-6-4-12(27)5-7-13/h4-7,15,18,27H,2-3,8-10H2,1H3,(H,21,28)(H,30,31)/t15?,18-,35?/m0/s1. The summed E-state index contributed by atoms with van der Waals surface area (Å²) >= 11 is 1.36. The van der Waals surface area contributed by atoms with Gasteiger partial charge in [0.25, 0.3) is 5.91 Å². The maximum absolute atomic E-state index is 12.8. The summed E-state index contributed by atoms with van der Waals surface area (Å²) in [5.74, 6) is -0.973. The molecule has 1 aromatic heterocycles. The number of tetrazole rings is 1. The van der Waals surface area contributed by atoms with Crippen LogP contribution in [0.3, 0.4) is 0 Å². The van der Waals surface area contributed by atoms with Crippen LogP contribution in [0, 0.1) is 0 Å². The van der Waals surface area contributed by atoms with E-state index >= 15 is 0 Å². The normalized spacial score (nSPS) is 20.3. The molecule has 0 radical (unpaired) electrons. The molecule has 12 nitrogen and oxygen atoms in total. The third-order valence-electron chi connectivity index (χ3n) is 5.36. The molecule has 2 unspecified atom stereocenters. The number of hydrogen-bond donors (Lipinski definition) is 3. The van der Waals surface area contributed by atoms with Crippen molar-refractivity contribution in [3.8, 4) is 5.75 Å². The Bertz CT molecular complexity index is 1160. The van der Waals surface area contributed by atoms with E-state index in [2.05, 4.69) is 20.8 Å². The van der Waals surface area contributed by atoms with E-state index in [-0.39, 0.29) is 29.5 Å². The number of aromatic hydroxyl groups is 1. The lowest BCUT2D eigenvalue weighted by molar-refractivity contribution is -0.150. The van der Waals surface area contributed by atoms with Crippen LogP contribution in [0.2, 0.25) is 0 Å². The van der Waals surface area contributed by atoms with Crippen LogP contribution in [0.25, 0.3) is 0 Å². The van der Waals surface area contributed by atoms with Crippen molar-refractivity contribution in [2.45, 2.75) is 34.3 Å². The van der Waals surface area contributed by atoms with Gasteiger partial charge in [-0.25, -0.2) is 9.48 Å². The number of nitrogens with one attached hydrogen (secondary N) is 1. The average molecular weight is 539 g/mol. The van der Waals surface area contributed by atoms with E-state index in [1.54, 1.807) is 19.2 Å². The fraction of sp³-hybridized carbons (Fsp3) is 0.400. The van der Waals surface area contributed by atoms with Crippen LogP contribution in [0.15, 0.2) is 45.6 Å². The second kappa shape index (κ2) is 10.9. The van der Waals surface area contributed by atoms with Gasteiger partial charge in [-0.2, -0.15) is 0 Å². The molecule has 3 N–H and O–H groups in total. The van der Waals surface area contributed by atoms with Gasteiger partial charge in [0.05, 0.1) is 0 Å². The third kappa shape index (κ3) is 5.58. The molecule has 3 atom stereocenters. The largest absolute Gasteiger partial charge is 0.611 e. The fourth-order valence-electron chi connectivity index (χ4n) is 3.61. The first-order valence-electron chi connectivity index (χ1n) is 10.5. The second-order valence-corrected chi connectivity index (χ2v) is 11.4. The van der Waals surface area contributed by atoms with Crippen molar-refractivity contribution in [2.24, 2.45) is 7.05 Å². The van der Waals surface area contributed by atoms with E-state index in [0.29, 0.717) is 33.6 Å². The maximum Gasteiger partial charge on any atom is 0.352 e. The zero-order valence-corrected chi connectivity index (χ0v) is 20.9. The molecular weight excluding hydrogens is 516 g/mol. The van der Waals surface area contributed by atoms with Crippen molar-refractivity contribution in [3.05, 3.63) is 35.5 Å². The van der Waals surface area contributed by atoms with Crippen molar-refractivity contribution in [1.29, 1.82) is 0 Å². The smallest absolute Gasteiger partial charge is 0.352 e. The number of carbonyl (C=O) groups is 3. The van der Waals surface area contributed by atoms with Crippen LogP contribution in [0.5, 0.6) is 5.75 Å². The van der Waals surface area contributed by atoms with Gasteiger partial charge in [-0.15, -0.1) is 16.9 Å². The van der Waals surface area contributed by atoms with E-state index in [0.717, 1.165) is 0 Å². The number of aliphatic carboxylic acids is 1. The summed E-state index contributed by atoms with van der Waals surface area (Å²) in [5.41, 5.74) is 0.526. The van der Waals surface area contributed by atoms with E-state index in [1.807, 2.05) is 0 Å². The van der Waals surface area contributed by atoms with Gasteiger partial charge in [0, 0.05) is 31.4 Å². The number of fused-ring (bicyclic) bond motifs is 1. The number of carboxylic acids is 1. The van der Waals surface area contributed by atoms with E-state index in [4.69, 9.17) is 0 Å². The van der Waals surface area contributed by atoms with Crippen molar-refractivity contribution >= 4 is 52.5 Å². The Morgan fingerprint density at radius 1 is 1.34 bits per heavy atom. The summed E-state index contributed by atoms with van der Waals surface area (Å²) in [6.07, 6.45) is 0.431. The zero-order chi connectivity index (χ0) is 25.1. The number of phenols is 1. The Labute approximate surface area is 211 Å². The molecule has 0 bridgehead atoms. The first kappa shape index (κ1) is 25.3. The molecule has 4 rings (SSSR count). The molecule has 15 heteroatoms. The molecule has 35 heavy (non-hydrogen) atoms. The Morgan fingerprint density at radius 2 is 2.09 bits per heavy atom. The van der Waals surface area contributed by atoms with Gasteiger partial charge in [0.2, 0.25) is 11.1 Å². The Hall–Kier alpha value is -2.75. The van der Waals surface area contributed by atoms with Crippen molar-refractivity contribution in [3.63, 3.8) is 0 Å².